The maximum atomic E-state index is 12.1. The Morgan fingerprint density at radius 1 is 1.33 bits per heavy atom. The van der Waals surface area contributed by atoms with E-state index in [1.807, 2.05) is 0 Å². The molecule has 6 heteroatoms. The van der Waals surface area contributed by atoms with Gasteiger partial charge in [0.2, 0.25) is 0 Å². The SMILES string of the molecule is CC(O)C(N)CN1C(=O)c2ccc(Br)cc2C1=O. The molecule has 1 aromatic rings. The van der Waals surface area contributed by atoms with Crippen molar-refractivity contribution in [2.75, 3.05) is 6.54 Å². The number of fused-ring (bicyclic) bond motifs is 1. The Balaban J connectivity index is 2.29. The van der Waals surface area contributed by atoms with Crippen LogP contribution in [0.3, 0.4) is 0 Å². The van der Waals surface area contributed by atoms with Gasteiger partial charge in [0, 0.05) is 17.1 Å². The summed E-state index contributed by atoms with van der Waals surface area (Å²) in [7, 11) is 0. The van der Waals surface area contributed by atoms with Crippen molar-refractivity contribution in [1.29, 1.82) is 0 Å². The highest BCUT2D eigenvalue weighted by Crippen LogP contribution is 2.26. The minimum absolute atomic E-state index is 0.0155. The normalized spacial score (nSPS) is 17.9. The van der Waals surface area contributed by atoms with Crippen molar-refractivity contribution in [2.24, 2.45) is 5.73 Å². The molecule has 2 atom stereocenters. The molecule has 2 rings (SSSR count). The number of aliphatic hydroxyl groups excluding tert-OH is 1. The first-order valence-electron chi connectivity index (χ1n) is 5.51. The van der Waals surface area contributed by atoms with Crippen molar-refractivity contribution in [3.63, 3.8) is 0 Å². The molecule has 0 fully saturated rings. The number of aliphatic hydroxyl groups is 1. The summed E-state index contributed by atoms with van der Waals surface area (Å²) >= 11 is 3.26. The number of nitrogens with zero attached hydrogens (tertiary/aromatic N) is 1. The molecular formula is C12H13BrN2O3. The Hall–Kier alpha value is -1.24. The third-order valence-corrected chi connectivity index (χ3v) is 3.44. The van der Waals surface area contributed by atoms with Gasteiger partial charge in [0.15, 0.2) is 0 Å². The molecule has 0 saturated heterocycles. The van der Waals surface area contributed by atoms with Crippen LogP contribution >= 0.6 is 15.9 Å². The Kier molecular flexibility index (Phi) is 3.52. The van der Waals surface area contributed by atoms with Gasteiger partial charge in [0.1, 0.15) is 0 Å². The largest absolute Gasteiger partial charge is 0.392 e. The molecule has 18 heavy (non-hydrogen) atoms. The summed E-state index contributed by atoms with van der Waals surface area (Å²) in [6.45, 7) is 1.54. The van der Waals surface area contributed by atoms with Crippen LogP contribution < -0.4 is 5.73 Å². The standard InChI is InChI=1S/C12H13BrN2O3/c1-6(16)10(14)5-15-11(17)8-3-2-7(13)4-9(8)12(15)18/h2-4,6,10,16H,5,14H2,1H3. The quantitative estimate of drug-likeness (QED) is 0.807. The maximum absolute atomic E-state index is 12.1. The van der Waals surface area contributed by atoms with Crippen LogP contribution in [-0.4, -0.2) is 40.5 Å². The average Bonchev–Trinajstić information content (AvgIpc) is 2.54. The first kappa shape index (κ1) is 13.2. The van der Waals surface area contributed by atoms with Crippen LogP contribution in [0.15, 0.2) is 22.7 Å². The molecule has 0 spiro atoms. The lowest BCUT2D eigenvalue weighted by Crippen LogP contribution is -2.46. The molecule has 2 amide bonds. The molecule has 1 aliphatic heterocycles. The van der Waals surface area contributed by atoms with E-state index in [2.05, 4.69) is 15.9 Å². The fourth-order valence-corrected chi connectivity index (χ4v) is 2.15. The van der Waals surface area contributed by atoms with E-state index in [0.717, 1.165) is 9.37 Å². The van der Waals surface area contributed by atoms with Gasteiger partial charge in [-0.3, -0.25) is 14.5 Å². The number of nitrogens with two attached hydrogens (primary N) is 1. The molecule has 5 nitrogen and oxygen atoms in total. The van der Waals surface area contributed by atoms with Gasteiger partial charge in [-0.15, -0.1) is 0 Å². The fourth-order valence-electron chi connectivity index (χ4n) is 1.79. The van der Waals surface area contributed by atoms with E-state index in [-0.39, 0.29) is 18.4 Å². The van der Waals surface area contributed by atoms with Crippen molar-refractivity contribution >= 4 is 27.7 Å². The van der Waals surface area contributed by atoms with E-state index in [4.69, 9.17) is 5.73 Å². The summed E-state index contributed by atoms with van der Waals surface area (Å²) < 4.78 is 0.740. The van der Waals surface area contributed by atoms with Gasteiger partial charge < -0.3 is 10.8 Å². The number of amides is 2. The van der Waals surface area contributed by atoms with Crippen molar-refractivity contribution in [1.82, 2.24) is 4.90 Å². The van der Waals surface area contributed by atoms with Crippen LogP contribution in [-0.2, 0) is 0 Å². The van der Waals surface area contributed by atoms with E-state index >= 15 is 0 Å². The van der Waals surface area contributed by atoms with Crippen molar-refractivity contribution in [2.45, 2.75) is 19.1 Å². The molecule has 1 aromatic carbocycles. The molecular weight excluding hydrogens is 300 g/mol. The van der Waals surface area contributed by atoms with Crippen LogP contribution in [0.2, 0.25) is 0 Å². The zero-order chi connectivity index (χ0) is 13.4. The van der Waals surface area contributed by atoms with Gasteiger partial charge in [-0.05, 0) is 25.1 Å². The van der Waals surface area contributed by atoms with Gasteiger partial charge in [-0.2, -0.15) is 0 Å². The Morgan fingerprint density at radius 2 is 1.94 bits per heavy atom. The van der Waals surface area contributed by atoms with Crippen LogP contribution in [0.5, 0.6) is 0 Å². The number of halogens is 1. The van der Waals surface area contributed by atoms with Gasteiger partial charge in [0.25, 0.3) is 11.8 Å². The van der Waals surface area contributed by atoms with Crippen molar-refractivity contribution < 1.29 is 14.7 Å². The summed E-state index contributed by atoms with van der Waals surface area (Å²) in [4.78, 5) is 25.2. The van der Waals surface area contributed by atoms with Crippen molar-refractivity contribution in [3.8, 4) is 0 Å². The molecule has 0 aromatic heterocycles. The third-order valence-electron chi connectivity index (χ3n) is 2.95. The number of hydrogen-bond acceptors (Lipinski definition) is 4. The van der Waals surface area contributed by atoms with Crippen LogP contribution in [0.4, 0.5) is 0 Å². The van der Waals surface area contributed by atoms with E-state index in [1.165, 1.54) is 6.92 Å². The molecule has 3 N–H and O–H groups in total. The Labute approximate surface area is 113 Å². The van der Waals surface area contributed by atoms with E-state index in [9.17, 15) is 14.7 Å². The minimum atomic E-state index is -0.777. The molecule has 0 saturated carbocycles. The zero-order valence-corrected chi connectivity index (χ0v) is 11.3. The van der Waals surface area contributed by atoms with E-state index < -0.39 is 12.1 Å². The lowest BCUT2D eigenvalue weighted by Gasteiger charge is -2.20. The number of rotatable bonds is 3. The summed E-state index contributed by atoms with van der Waals surface area (Å²) in [5.74, 6) is -0.731. The fraction of sp³-hybridized carbons (Fsp3) is 0.333. The summed E-state index contributed by atoms with van der Waals surface area (Å²) in [5.41, 5.74) is 6.42. The Morgan fingerprint density at radius 3 is 2.56 bits per heavy atom. The van der Waals surface area contributed by atoms with Gasteiger partial charge in [0.05, 0.1) is 17.2 Å². The van der Waals surface area contributed by atoms with Gasteiger partial charge in [-0.25, -0.2) is 0 Å². The molecule has 1 heterocycles. The summed E-state index contributed by atoms with van der Waals surface area (Å²) in [6, 6.07) is 4.29. The second-order valence-electron chi connectivity index (χ2n) is 4.32. The molecule has 0 bridgehead atoms. The monoisotopic (exact) mass is 312 g/mol. The number of benzene rings is 1. The predicted molar refractivity (Wildman–Crippen MR) is 69.2 cm³/mol. The molecule has 1 aliphatic rings. The minimum Gasteiger partial charge on any atom is -0.392 e. The number of carbonyl (C=O) groups is 2. The maximum Gasteiger partial charge on any atom is 0.261 e. The van der Waals surface area contributed by atoms with Gasteiger partial charge in [-0.1, -0.05) is 15.9 Å². The van der Waals surface area contributed by atoms with Crippen LogP contribution in [0, 0.1) is 0 Å². The molecule has 0 radical (unpaired) electrons. The summed E-state index contributed by atoms with van der Waals surface area (Å²) in [6.07, 6.45) is -0.777. The third kappa shape index (κ3) is 2.19. The highest BCUT2D eigenvalue weighted by atomic mass is 79.9. The highest BCUT2D eigenvalue weighted by Gasteiger charge is 2.36. The lowest BCUT2D eigenvalue weighted by atomic mass is 10.1. The number of hydrogen-bond donors (Lipinski definition) is 2. The van der Waals surface area contributed by atoms with Crippen LogP contribution in [0.25, 0.3) is 0 Å². The van der Waals surface area contributed by atoms with Crippen molar-refractivity contribution in [3.05, 3.63) is 33.8 Å². The number of carbonyl (C=O) groups excluding carboxylic acids is 2. The molecule has 2 unspecified atom stereocenters. The summed E-state index contributed by atoms with van der Waals surface area (Å²) in [5, 5.41) is 9.33. The lowest BCUT2D eigenvalue weighted by molar-refractivity contribution is 0.0607. The molecule has 96 valence electrons. The Bertz CT molecular complexity index is 516. The second kappa shape index (κ2) is 4.79. The van der Waals surface area contributed by atoms with E-state index in [0.29, 0.717) is 11.1 Å². The first-order chi connectivity index (χ1) is 8.41. The van der Waals surface area contributed by atoms with Gasteiger partial charge >= 0.3 is 0 Å². The number of imide groups is 1. The highest BCUT2D eigenvalue weighted by molar-refractivity contribution is 9.10. The zero-order valence-electron chi connectivity index (χ0n) is 9.76. The predicted octanol–water partition coefficient (Wildman–Crippen LogP) is 0.753. The molecule has 0 aliphatic carbocycles. The average molecular weight is 313 g/mol. The van der Waals surface area contributed by atoms with Crippen LogP contribution in [0.1, 0.15) is 27.6 Å². The second-order valence-corrected chi connectivity index (χ2v) is 5.23. The smallest absolute Gasteiger partial charge is 0.261 e. The topological polar surface area (TPSA) is 83.6 Å². The van der Waals surface area contributed by atoms with E-state index in [1.54, 1.807) is 18.2 Å². The first-order valence-corrected chi connectivity index (χ1v) is 6.30.